The van der Waals surface area contributed by atoms with Gasteiger partial charge >= 0.3 is 0 Å². The zero-order valence-electron chi connectivity index (χ0n) is 13.4. The van der Waals surface area contributed by atoms with Crippen LogP contribution in [0.25, 0.3) is 0 Å². The molecule has 1 aromatic carbocycles. The molecule has 1 unspecified atom stereocenters. The molecule has 0 bridgehead atoms. The van der Waals surface area contributed by atoms with Gasteiger partial charge in [-0.3, -0.25) is 0 Å². The molecule has 2 rings (SSSR count). The molecule has 20 heavy (non-hydrogen) atoms. The van der Waals surface area contributed by atoms with Gasteiger partial charge in [-0.25, -0.2) is 0 Å². The van der Waals surface area contributed by atoms with Gasteiger partial charge in [0, 0.05) is 18.0 Å². The van der Waals surface area contributed by atoms with Crippen LogP contribution in [0, 0.1) is 5.41 Å². The first-order valence-electron chi connectivity index (χ1n) is 7.97. The Labute approximate surface area is 123 Å². The van der Waals surface area contributed by atoms with Gasteiger partial charge in [-0.05, 0) is 36.8 Å². The number of nitrogens with one attached hydrogen (secondary N) is 1. The number of hydrogen-bond acceptors (Lipinski definition) is 2. The number of rotatable bonds is 8. The van der Waals surface area contributed by atoms with E-state index in [1.54, 1.807) is 0 Å². The molecule has 0 aliphatic heterocycles. The largest absolute Gasteiger partial charge is 0.493 e. The third-order valence-electron chi connectivity index (χ3n) is 4.13. The summed E-state index contributed by atoms with van der Waals surface area (Å²) < 4.78 is 6.14. The second kappa shape index (κ2) is 6.62. The third kappa shape index (κ3) is 4.52. The zero-order valence-corrected chi connectivity index (χ0v) is 13.4. The second-order valence-corrected chi connectivity index (χ2v) is 6.96. The maximum absolute atomic E-state index is 6.14. The van der Waals surface area contributed by atoms with Gasteiger partial charge in [-0.1, -0.05) is 45.9 Å². The lowest BCUT2D eigenvalue weighted by Gasteiger charge is -2.26. The van der Waals surface area contributed by atoms with Gasteiger partial charge in [-0.2, -0.15) is 0 Å². The average Bonchev–Trinajstić information content (AvgIpc) is 3.27. The maximum Gasteiger partial charge on any atom is 0.122 e. The average molecular weight is 275 g/mol. The highest BCUT2D eigenvalue weighted by Gasteiger charge is 2.26. The lowest BCUT2D eigenvalue weighted by Crippen LogP contribution is -2.35. The van der Waals surface area contributed by atoms with Gasteiger partial charge in [0.1, 0.15) is 5.75 Å². The van der Waals surface area contributed by atoms with Crippen molar-refractivity contribution >= 4 is 0 Å². The summed E-state index contributed by atoms with van der Waals surface area (Å²) in [4.78, 5) is 0. The molecule has 1 aromatic rings. The van der Waals surface area contributed by atoms with Crippen molar-refractivity contribution in [3.63, 3.8) is 0 Å². The normalized spacial score (nSPS) is 17.0. The molecule has 0 radical (unpaired) electrons. The summed E-state index contributed by atoms with van der Waals surface area (Å²) in [5, 5.41) is 3.60. The molecule has 1 fully saturated rings. The first kappa shape index (κ1) is 15.4. The third-order valence-corrected chi connectivity index (χ3v) is 4.13. The van der Waals surface area contributed by atoms with E-state index in [4.69, 9.17) is 4.74 Å². The van der Waals surface area contributed by atoms with E-state index in [0.717, 1.165) is 31.4 Å². The Balaban J connectivity index is 1.91. The Bertz CT molecular complexity index is 423. The van der Waals surface area contributed by atoms with Gasteiger partial charge in [0.25, 0.3) is 0 Å². The topological polar surface area (TPSA) is 21.3 Å². The smallest absolute Gasteiger partial charge is 0.122 e. The fourth-order valence-corrected chi connectivity index (χ4v) is 2.27. The van der Waals surface area contributed by atoms with E-state index in [9.17, 15) is 0 Å². The maximum atomic E-state index is 6.14. The van der Waals surface area contributed by atoms with Gasteiger partial charge < -0.3 is 10.1 Å². The van der Waals surface area contributed by atoms with E-state index in [2.05, 4.69) is 57.3 Å². The molecular formula is C18H29NO. The fourth-order valence-electron chi connectivity index (χ4n) is 2.27. The Hall–Kier alpha value is -1.02. The van der Waals surface area contributed by atoms with Crippen LogP contribution in [0.5, 0.6) is 5.75 Å². The quantitative estimate of drug-likeness (QED) is 0.761. The van der Waals surface area contributed by atoms with Crippen LogP contribution in [0.4, 0.5) is 0 Å². The Morgan fingerprint density at radius 2 is 2.00 bits per heavy atom. The van der Waals surface area contributed by atoms with Crippen LogP contribution in [0.3, 0.4) is 0 Å². The Morgan fingerprint density at radius 3 is 2.65 bits per heavy atom. The molecule has 0 spiro atoms. The molecule has 1 atom stereocenters. The molecule has 1 saturated carbocycles. The van der Waals surface area contributed by atoms with E-state index in [1.165, 1.54) is 18.4 Å². The number of hydrogen-bond donors (Lipinski definition) is 1. The van der Waals surface area contributed by atoms with Gasteiger partial charge in [0.15, 0.2) is 0 Å². The zero-order chi connectivity index (χ0) is 14.6. The van der Waals surface area contributed by atoms with E-state index >= 15 is 0 Å². The fraction of sp³-hybridized carbons (Fsp3) is 0.667. The van der Waals surface area contributed by atoms with Crippen molar-refractivity contribution in [2.75, 3.05) is 13.2 Å². The van der Waals surface area contributed by atoms with Crippen molar-refractivity contribution in [1.29, 1.82) is 0 Å². The molecule has 112 valence electrons. The van der Waals surface area contributed by atoms with Crippen LogP contribution in [0.2, 0.25) is 0 Å². The molecule has 2 nitrogen and oxygen atoms in total. The van der Waals surface area contributed by atoms with Crippen molar-refractivity contribution < 1.29 is 4.74 Å². The van der Waals surface area contributed by atoms with Crippen molar-refractivity contribution in [2.24, 2.45) is 5.41 Å². The summed E-state index contributed by atoms with van der Waals surface area (Å²) >= 11 is 0. The van der Waals surface area contributed by atoms with Crippen molar-refractivity contribution in [2.45, 2.75) is 58.9 Å². The molecule has 0 amide bonds. The summed E-state index contributed by atoms with van der Waals surface area (Å²) in [5.74, 6) is 1.61. The van der Waals surface area contributed by atoms with Crippen LogP contribution in [-0.4, -0.2) is 19.2 Å². The first-order chi connectivity index (χ1) is 9.52. The van der Waals surface area contributed by atoms with E-state index in [0.29, 0.717) is 5.92 Å². The van der Waals surface area contributed by atoms with Crippen LogP contribution >= 0.6 is 0 Å². The number of para-hydroxylation sites is 1. The number of ether oxygens (including phenoxy) is 1. The van der Waals surface area contributed by atoms with Crippen LogP contribution in [0.15, 0.2) is 24.3 Å². The minimum absolute atomic E-state index is 0.172. The summed E-state index contributed by atoms with van der Waals surface area (Å²) in [7, 11) is 0. The van der Waals surface area contributed by atoms with E-state index in [1.807, 2.05) is 0 Å². The molecule has 1 aliphatic rings. The highest BCUT2D eigenvalue weighted by Crippen LogP contribution is 2.30. The Morgan fingerprint density at radius 1 is 1.30 bits per heavy atom. The van der Waals surface area contributed by atoms with Gasteiger partial charge in [-0.15, -0.1) is 0 Å². The minimum atomic E-state index is 0.172. The SMILES string of the molecule is CCC(C)c1ccccc1OCC(C)(C)CNC1CC1. The monoisotopic (exact) mass is 275 g/mol. The molecular weight excluding hydrogens is 246 g/mol. The standard InChI is InChI=1S/C18H29NO/c1-5-14(2)16-8-6-7-9-17(16)20-13-18(3,4)12-19-15-10-11-15/h6-9,14-15,19H,5,10-13H2,1-4H3. The highest BCUT2D eigenvalue weighted by molar-refractivity contribution is 5.35. The second-order valence-electron chi connectivity index (χ2n) is 6.96. The minimum Gasteiger partial charge on any atom is -0.493 e. The molecule has 0 aromatic heterocycles. The van der Waals surface area contributed by atoms with Crippen LogP contribution < -0.4 is 10.1 Å². The summed E-state index contributed by atoms with van der Waals surface area (Å²) in [6, 6.07) is 9.23. The molecule has 0 saturated heterocycles. The molecule has 1 N–H and O–H groups in total. The van der Waals surface area contributed by atoms with Crippen LogP contribution in [0.1, 0.15) is 58.4 Å². The Kier molecular flexibility index (Phi) is 5.09. The molecule has 1 aliphatic carbocycles. The lowest BCUT2D eigenvalue weighted by molar-refractivity contribution is 0.174. The molecule has 0 heterocycles. The van der Waals surface area contributed by atoms with Crippen LogP contribution in [-0.2, 0) is 0 Å². The highest BCUT2D eigenvalue weighted by atomic mass is 16.5. The predicted octanol–water partition coefficient (Wildman–Crippen LogP) is 4.36. The summed E-state index contributed by atoms with van der Waals surface area (Å²) in [5.41, 5.74) is 1.51. The van der Waals surface area contributed by atoms with Crippen molar-refractivity contribution in [1.82, 2.24) is 5.32 Å². The van der Waals surface area contributed by atoms with E-state index in [-0.39, 0.29) is 5.41 Å². The van der Waals surface area contributed by atoms with Crippen molar-refractivity contribution in [3.8, 4) is 5.75 Å². The molecule has 2 heteroatoms. The summed E-state index contributed by atoms with van der Waals surface area (Å²) in [6.45, 7) is 10.8. The van der Waals surface area contributed by atoms with E-state index < -0.39 is 0 Å². The van der Waals surface area contributed by atoms with Gasteiger partial charge in [0.2, 0.25) is 0 Å². The lowest BCUT2D eigenvalue weighted by atomic mass is 9.94. The number of benzene rings is 1. The van der Waals surface area contributed by atoms with Crippen molar-refractivity contribution in [3.05, 3.63) is 29.8 Å². The summed E-state index contributed by atoms with van der Waals surface area (Å²) in [6.07, 6.45) is 3.83. The first-order valence-corrected chi connectivity index (χ1v) is 7.97. The van der Waals surface area contributed by atoms with Gasteiger partial charge in [0.05, 0.1) is 6.61 Å². The predicted molar refractivity (Wildman–Crippen MR) is 85.4 cm³/mol.